The Morgan fingerprint density at radius 1 is 1.04 bits per heavy atom. The SMILES string of the molecule is CN(CCc1ccncc1)C(=O)c1cncc(C(=O)N2CCCCC2)c1. The molecule has 0 saturated carbocycles. The third-order valence-corrected chi connectivity index (χ3v) is 4.71. The molecular formula is C20H24N4O2. The average molecular weight is 352 g/mol. The van der Waals surface area contributed by atoms with E-state index in [9.17, 15) is 9.59 Å². The number of nitrogens with zero attached hydrogens (tertiary/aromatic N) is 4. The van der Waals surface area contributed by atoms with E-state index in [-0.39, 0.29) is 11.8 Å². The molecule has 0 N–H and O–H groups in total. The highest BCUT2D eigenvalue weighted by Crippen LogP contribution is 2.14. The molecule has 0 radical (unpaired) electrons. The van der Waals surface area contributed by atoms with Gasteiger partial charge in [-0.1, -0.05) is 0 Å². The number of carbonyl (C=O) groups excluding carboxylic acids is 2. The fraction of sp³-hybridized carbons (Fsp3) is 0.400. The molecule has 0 atom stereocenters. The molecule has 6 nitrogen and oxygen atoms in total. The van der Waals surface area contributed by atoms with Crippen molar-refractivity contribution in [1.82, 2.24) is 19.8 Å². The lowest BCUT2D eigenvalue weighted by molar-refractivity contribution is 0.0724. The van der Waals surface area contributed by atoms with Crippen molar-refractivity contribution >= 4 is 11.8 Å². The first-order chi connectivity index (χ1) is 12.6. The Morgan fingerprint density at radius 2 is 1.73 bits per heavy atom. The van der Waals surface area contributed by atoms with Crippen LogP contribution in [0.1, 0.15) is 45.5 Å². The first kappa shape index (κ1) is 18.0. The minimum absolute atomic E-state index is 0.0358. The van der Waals surface area contributed by atoms with Gasteiger partial charge in [-0.2, -0.15) is 0 Å². The van der Waals surface area contributed by atoms with E-state index in [1.807, 2.05) is 17.0 Å². The number of likely N-dealkylation sites (tertiary alicyclic amines) is 1. The molecule has 6 heteroatoms. The zero-order chi connectivity index (χ0) is 18.4. The topological polar surface area (TPSA) is 66.4 Å². The standard InChI is InChI=1S/C20H24N4O2/c1-23(12-7-16-5-8-21-9-6-16)19(25)17-13-18(15-22-14-17)20(26)24-10-3-2-4-11-24/h5-6,8-9,13-15H,2-4,7,10-12H2,1H3. The van der Waals surface area contributed by atoms with Crippen LogP contribution in [0.4, 0.5) is 0 Å². The number of pyridine rings is 2. The smallest absolute Gasteiger partial charge is 0.255 e. The van der Waals surface area contributed by atoms with E-state index in [1.54, 1.807) is 36.6 Å². The van der Waals surface area contributed by atoms with Gasteiger partial charge in [0, 0.05) is 51.5 Å². The van der Waals surface area contributed by atoms with E-state index in [4.69, 9.17) is 0 Å². The second kappa shape index (κ2) is 8.56. The lowest BCUT2D eigenvalue weighted by Gasteiger charge is -2.26. The largest absolute Gasteiger partial charge is 0.341 e. The predicted octanol–water partition coefficient (Wildman–Crippen LogP) is 2.42. The maximum absolute atomic E-state index is 12.7. The summed E-state index contributed by atoms with van der Waals surface area (Å²) in [5, 5.41) is 0. The minimum Gasteiger partial charge on any atom is -0.341 e. The van der Waals surface area contributed by atoms with Crippen molar-refractivity contribution in [3.63, 3.8) is 0 Å². The van der Waals surface area contributed by atoms with Gasteiger partial charge in [-0.3, -0.25) is 19.6 Å². The Hall–Kier alpha value is -2.76. The summed E-state index contributed by atoms with van der Waals surface area (Å²) in [5.41, 5.74) is 2.07. The molecule has 1 saturated heterocycles. The maximum atomic E-state index is 12.7. The number of hydrogen-bond acceptors (Lipinski definition) is 4. The average Bonchev–Trinajstić information content (AvgIpc) is 2.72. The molecule has 2 amide bonds. The van der Waals surface area contributed by atoms with Gasteiger partial charge in [0.2, 0.25) is 0 Å². The number of carbonyl (C=O) groups is 2. The summed E-state index contributed by atoms with van der Waals surface area (Å²) in [5.74, 6) is -0.161. The Bertz CT molecular complexity index is 757. The second-order valence-corrected chi connectivity index (χ2v) is 6.65. The van der Waals surface area contributed by atoms with Crippen molar-refractivity contribution in [2.45, 2.75) is 25.7 Å². The number of piperidine rings is 1. The molecule has 26 heavy (non-hydrogen) atoms. The van der Waals surface area contributed by atoms with Crippen LogP contribution in [0, 0.1) is 0 Å². The molecule has 1 aliphatic heterocycles. The lowest BCUT2D eigenvalue weighted by atomic mass is 10.1. The van der Waals surface area contributed by atoms with E-state index < -0.39 is 0 Å². The number of likely N-dealkylation sites (N-methyl/N-ethyl adjacent to an activating group) is 1. The van der Waals surface area contributed by atoms with Crippen LogP contribution in [0.25, 0.3) is 0 Å². The number of aromatic nitrogens is 2. The van der Waals surface area contributed by atoms with E-state index in [2.05, 4.69) is 9.97 Å². The van der Waals surface area contributed by atoms with Crippen LogP contribution in [0.2, 0.25) is 0 Å². The van der Waals surface area contributed by atoms with E-state index >= 15 is 0 Å². The highest BCUT2D eigenvalue weighted by molar-refractivity contribution is 5.99. The van der Waals surface area contributed by atoms with E-state index in [0.29, 0.717) is 17.7 Å². The zero-order valence-electron chi connectivity index (χ0n) is 15.1. The Kier molecular flexibility index (Phi) is 5.94. The molecule has 0 unspecified atom stereocenters. The molecule has 2 aromatic heterocycles. The van der Waals surface area contributed by atoms with Crippen LogP contribution in [0.5, 0.6) is 0 Å². The van der Waals surface area contributed by atoms with Crippen LogP contribution >= 0.6 is 0 Å². The number of rotatable bonds is 5. The zero-order valence-corrected chi connectivity index (χ0v) is 15.1. The molecular weight excluding hydrogens is 328 g/mol. The van der Waals surface area contributed by atoms with Crippen LogP contribution < -0.4 is 0 Å². The Morgan fingerprint density at radius 3 is 2.46 bits per heavy atom. The summed E-state index contributed by atoms with van der Waals surface area (Å²) in [7, 11) is 1.77. The summed E-state index contributed by atoms with van der Waals surface area (Å²) in [6.07, 6.45) is 10.6. The molecule has 0 bridgehead atoms. The third-order valence-electron chi connectivity index (χ3n) is 4.71. The summed E-state index contributed by atoms with van der Waals surface area (Å²) >= 11 is 0. The van der Waals surface area contributed by atoms with Crippen LogP contribution in [0.3, 0.4) is 0 Å². The van der Waals surface area contributed by atoms with Crippen molar-refractivity contribution in [2.24, 2.45) is 0 Å². The van der Waals surface area contributed by atoms with Gasteiger partial charge in [-0.05, 0) is 49.4 Å². The normalized spacial score (nSPS) is 14.1. The molecule has 136 valence electrons. The lowest BCUT2D eigenvalue weighted by Crippen LogP contribution is -2.36. The predicted molar refractivity (Wildman–Crippen MR) is 98.9 cm³/mol. The van der Waals surface area contributed by atoms with Crippen LogP contribution in [0.15, 0.2) is 43.0 Å². The fourth-order valence-corrected chi connectivity index (χ4v) is 3.12. The molecule has 1 fully saturated rings. The quantitative estimate of drug-likeness (QED) is 0.829. The number of amides is 2. The summed E-state index contributed by atoms with van der Waals surface area (Å²) in [6, 6.07) is 5.55. The van der Waals surface area contributed by atoms with Gasteiger partial charge in [0.15, 0.2) is 0 Å². The van der Waals surface area contributed by atoms with Gasteiger partial charge in [0.05, 0.1) is 11.1 Å². The monoisotopic (exact) mass is 352 g/mol. The van der Waals surface area contributed by atoms with Crippen molar-refractivity contribution in [2.75, 3.05) is 26.7 Å². The van der Waals surface area contributed by atoms with Crippen molar-refractivity contribution in [3.8, 4) is 0 Å². The van der Waals surface area contributed by atoms with E-state index in [0.717, 1.165) is 37.9 Å². The van der Waals surface area contributed by atoms with Crippen molar-refractivity contribution in [1.29, 1.82) is 0 Å². The van der Waals surface area contributed by atoms with Gasteiger partial charge in [-0.25, -0.2) is 0 Å². The van der Waals surface area contributed by atoms with Crippen LogP contribution in [-0.4, -0.2) is 58.3 Å². The summed E-state index contributed by atoms with van der Waals surface area (Å²) < 4.78 is 0. The molecule has 2 aromatic rings. The molecule has 3 rings (SSSR count). The van der Waals surface area contributed by atoms with Crippen LogP contribution in [-0.2, 0) is 6.42 Å². The summed E-state index contributed by atoms with van der Waals surface area (Å²) in [4.78, 5) is 36.9. The highest BCUT2D eigenvalue weighted by Gasteiger charge is 2.20. The highest BCUT2D eigenvalue weighted by atomic mass is 16.2. The maximum Gasteiger partial charge on any atom is 0.255 e. The number of hydrogen-bond donors (Lipinski definition) is 0. The Balaban J connectivity index is 1.64. The van der Waals surface area contributed by atoms with Gasteiger partial charge >= 0.3 is 0 Å². The van der Waals surface area contributed by atoms with Gasteiger partial charge in [-0.15, -0.1) is 0 Å². The van der Waals surface area contributed by atoms with Crippen molar-refractivity contribution < 1.29 is 9.59 Å². The summed E-state index contributed by atoms with van der Waals surface area (Å²) in [6.45, 7) is 2.15. The molecule has 3 heterocycles. The fourth-order valence-electron chi connectivity index (χ4n) is 3.12. The van der Waals surface area contributed by atoms with Crippen molar-refractivity contribution in [3.05, 3.63) is 59.7 Å². The molecule has 0 spiro atoms. The second-order valence-electron chi connectivity index (χ2n) is 6.65. The van der Waals surface area contributed by atoms with E-state index in [1.165, 1.54) is 12.6 Å². The molecule has 1 aliphatic rings. The van der Waals surface area contributed by atoms with Gasteiger partial charge < -0.3 is 9.80 Å². The Labute approximate surface area is 153 Å². The molecule has 0 aliphatic carbocycles. The molecule has 0 aromatic carbocycles. The van der Waals surface area contributed by atoms with Gasteiger partial charge in [0.25, 0.3) is 11.8 Å². The first-order valence-electron chi connectivity index (χ1n) is 9.04. The van der Waals surface area contributed by atoms with Gasteiger partial charge in [0.1, 0.15) is 0 Å². The first-order valence-corrected chi connectivity index (χ1v) is 9.04. The minimum atomic E-state index is -0.125. The third kappa shape index (κ3) is 4.45.